The highest BCUT2D eigenvalue weighted by Crippen LogP contribution is 2.32. The number of imidazole rings is 1. The minimum Gasteiger partial charge on any atom is -0.354 e. The molecule has 1 saturated heterocycles. The summed E-state index contributed by atoms with van der Waals surface area (Å²) in [5, 5.41) is 0. The van der Waals surface area contributed by atoms with Gasteiger partial charge < -0.3 is 4.90 Å². The molecule has 0 N–H and O–H groups in total. The molecule has 0 bridgehead atoms. The maximum Gasteiger partial charge on any atom is 0.416 e. The van der Waals surface area contributed by atoms with E-state index in [1.165, 1.54) is 12.5 Å². The second-order valence-electron chi connectivity index (χ2n) is 5.81. The number of rotatable bonds is 1. The van der Waals surface area contributed by atoms with E-state index in [0.717, 1.165) is 38.1 Å². The summed E-state index contributed by atoms with van der Waals surface area (Å²) in [5.74, 6) is 0.668. The summed E-state index contributed by atoms with van der Waals surface area (Å²) < 4.78 is 40.7. The fourth-order valence-electron chi connectivity index (χ4n) is 3.14. The van der Waals surface area contributed by atoms with Crippen LogP contribution in [0.3, 0.4) is 0 Å². The van der Waals surface area contributed by atoms with E-state index >= 15 is 0 Å². The lowest BCUT2D eigenvalue weighted by atomic mass is 10.1. The third-order valence-corrected chi connectivity index (χ3v) is 4.28. The Morgan fingerprint density at radius 1 is 1.04 bits per heavy atom. The van der Waals surface area contributed by atoms with Crippen molar-refractivity contribution in [1.29, 1.82) is 0 Å². The van der Waals surface area contributed by atoms with Gasteiger partial charge in [0.15, 0.2) is 11.5 Å². The van der Waals surface area contributed by atoms with Crippen LogP contribution in [-0.4, -0.2) is 27.5 Å². The van der Waals surface area contributed by atoms with Crippen molar-refractivity contribution in [1.82, 2.24) is 14.4 Å². The number of nitrogens with zero attached hydrogens (tertiary/aromatic N) is 4. The highest BCUT2D eigenvalue weighted by Gasteiger charge is 2.31. The van der Waals surface area contributed by atoms with E-state index in [1.54, 1.807) is 12.4 Å². The van der Waals surface area contributed by atoms with Crippen molar-refractivity contribution in [2.75, 3.05) is 18.0 Å². The monoisotopic (exact) mass is 320 g/mol. The van der Waals surface area contributed by atoms with Crippen LogP contribution in [-0.2, 0) is 6.18 Å². The summed E-state index contributed by atoms with van der Waals surface area (Å²) in [6.07, 6.45) is 2.35. The zero-order valence-corrected chi connectivity index (χ0v) is 12.3. The highest BCUT2D eigenvalue weighted by molar-refractivity contribution is 5.83. The summed E-state index contributed by atoms with van der Waals surface area (Å²) in [6, 6.07) is 3.66. The van der Waals surface area contributed by atoms with E-state index in [-0.39, 0.29) is 0 Å². The van der Waals surface area contributed by atoms with Gasteiger partial charge in [-0.1, -0.05) is 0 Å². The van der Waals surface area contributed by atoms with Crippen LogP contribution in [0.25, 0.3) is 16.7 Å². The lowest BCUT2D eigenvalue weighted by Crippen LogP contribution is -2.30. The molecule has 1 aliphatic heterocycles. The molecule has 2 aromatic heterocycles. The van der Waals surface area contributed by atoms with Crippen LogP contribution in [0, 0.1) is 0 Å². The van der Waals surface area contributed by atoms with Crippen molar-refractivity contribution in [2.24, 2.45) is 0 Å². The number of anilines is 1. The standard InChI is InChI=1S/C16H15F3N4/c17-16(18,19)11-4-5-13-12(10-11)21-15(14-20-6-9-23(13)14)22-7-2-1-3-8-22/h4-6,9-10H,1-3,7-8H2. The molecule has 0 unspecified atom stereocenters. The lowest BCUT2D eigenvalue weighted by Gasteiger charge is -2.28. The van der Waals surface area contributed by atoms with Gasteiger partial charge in [0.1, 0.15) is 0 Å². The van der Waals surface area contributed by atoms with Crippen LogP contribution in [0.2, 0.25) is 0 Å². The Morgan fingerprint density at radius 2 is 1.83 bits per heavy atom. The molecule has 3 aromatic rings. The minimum atomic E-state index is -4.37. The van der Waals surface area contributed by atoms with E-state index in [9.17, 15) is 13.2 Å². The number of fused-ring (bicyclic) bond motifs is 3. The first kappa shape index (κ1) is 14.3. The molecule has 1 aromatic carbocycles. The molecule has 0 atom stereocenters. The molecule has 7 heteroatoms. The fraction of sp³-hybridized carbons (Fsp3) is 0.375. The van der Waals surface area contributed by atoms with Gasteiger partial charge >= 0.3 is 6.18 Å². The van der Waals surface area contributed by atoms with Crippen molar-refractivity contribution in [3.8, 4) is 0 Å². The smallest absolute Gasteiger partial charge is 0.354 e. The zero-order valence-electron chi connectivity index (χ0n) is 12.3. The molecule has 120 valence electrons. The normalized spacial score (nSPS) is 16.4. The number of piperidine rings is 1. The maximum atomic E-state index is 13.0. The van der Waals surface area contributed by atoms with Gasteiger partial charge in [-0.05, 0) is 37.5 Å². The number of hydrogen-bond donors (Lipinski definition) is 0. The average molecular weight is 320 g/mol. The molecule has 0 aliphatic carbocycles. The highest BCUT2D eigenvalue weighted by atomic mass is 19.4. The Morgan fingerprint density at radius 3 is 2.57 bits per heavy atom. The maximum absolute atomic E-state index is 13.0. The molecule has 1 fully saturated rings. The number of benzene rings is 1. The molecule has 0 saturated carbocycles. The Labute approximate surface area is 130 Å². The van der Waals surface area contributed by atoms with E-state index in [2.05, 4.69) is 14.9 Å². The van der Waals surface area contributed by atoms with Gasteiger partial charge in [0.2, 0.25) is 0 Å². The fourth-order valence-corrected chi connectivity index (χ4v) is 3.14. The molecule has 4 nitrogen and oxygen atoms in total. The van der Waals surface area contributed by atoms with Crippen molar-refractivity contribution in [2.45, 2.75) is 25.4 Å². The summed E-state index contributed by atoms with van der Waals surface area (Å²) in [5.41, 5.74) is 0.984. The first-order valence-corrected chi connectivity index (χ1v) is 7.63. The molecule has 0 spiro atoms. The molecular formula is C16H15F3N4. The molecule has 1 aliphatic rings. The van der Waals surface area contributed by atoms with E-state index in [1.807, 2.05) is 4.40 Å². The lowest BCUT2D eigenvalue weighted by molar-refractivity contribution is -0.137. The summed E-state index contributed by atoms with van der Waals surface area (Å²) in [7, 11) is 0. The molecule has 0 amide bonds. The van der Waals surface area contributed by atoms with Crippen LogP contribution < -0.4 is 4.90 Å². The Kier molecular flexibility index (Phi) is 3.18. The molecule has 4 rings (SSSR count). The van der Waals surface area contributed by atoms with Gasteiger partial charge in [-0.3, -0.25) is 4.40 Å². The van der Waals surface area contributed by atoms with Crippen LogP contribution >= 0.6 is 0 Å². The average Bonchev–Trinajstić information content (AvgIpc) is 3.03. The first-order valence-electron chi connectivity index (χ1n) is 7.63. The predicted molar refractivity (Wildman–Crippen MR) is 81.6 cm³/mol. The van der Waals surface area contributed by atoms with Gasteiger partial charge in [-0.2, -0.15) is 13.2 Å². The first-order chi connectivity index (χ1) is 11.0. The van der Waals surface area contributed by atoms with E-state index < -0.39 is 11.7 Å². The molecule has 0 radical (unpaired) electrons. The number of hydrogen-bond acceptors (Lipinski definition) is 3. The van der Waals surface area contributed by atoms with Crippen LogP contribution in [0.1, 0.15) is 24.8 Å². The van der Waals surface area contributed by atoms with Gasteiger partial charge in [-0.15, -0.1) is 0 Å². The van der Waals surface area contributed by atoms with Gasteiger partial charge in [0.25, 0.3) is 0 Å². The van der Waals surface area contributed by atoms with Crippen molar-refractivity contribution >= 4 is 22.5 Å². The predicted octanol–water partition coefficient (Wildman–Crippen LogP) is 3.89. The van der Waals surface area contributed by atoms with Gasteiger partial charge in [0.05, 0.1) is 16.6 Å². The third kappa shape index (κ3) is 2.40. The SMILES string of the molecule is FC(F)(F)c1ccc2c(c1)nc(N1CCCCC1)c1nccn12. The summed E-state index contributed by atoms with van der Waals surface area (Å²) in [6.45, 7) is 1.72. The van der Waals surface area contributed by atoms with Crippen LogP contribution in [0.5, 0.6) is 0 Å². The second-order valence-corrected chi connectivity index (χ2v) is 5.81. The summed E-state index contributed by atoms with van der Waals surface area (Å²) in [4.78, 5) is 11.0. The van der Waals surface area contributed by atoms with E-state index in [0.29, 0.717) is 22.5 Å². The zero-order chi connectivity index (χ0) is 16.0. The molecule has 3 heterocycles. The van der Waals surface area contributed by atoms with Crippen molar-refractivity contribution in [3.63, 3.8) is 0 Å². The number of aromatic nitrogens is 3. The quantitative estimate of drug-likeness (QED) is 0.682. The molecular weight excluding hydrogens is 305 g/mol. The minimum absolute atomic E-state index is 0.339. The number of halogens is 3. The van der Waals surface area contributed by atoms with Crippen molar-refractivity contribution in [3.05, 3.63) is 36.2 Å². The van der Waals surface area contributed by atoms with Gasteiger partial charge in [0, 0.05) is 25.5 Å². The Bertz CT molecular complexity index is 863. The summed E-state index contributed by atoms with van der Waals surface area (Å²) >= 11 is 0. The Hall–Kier alpha value is -2.31. The van der Waals surface area contributed by atoms with Gasteiger partial charge in [-0.25, -0.2) is 9.97 Å². The third-order valence-electron chi connectivity index (χ3n) is 4.28. The van der Waals surface area contributed by atoms with Crippen LogP contribution in [0.15, 0.2) is 30.6 Å². The van der Waals surface area contributed by atoms with E-state index in [4.69, 9.17) is 0 Å². The molecule has 23 heavy (non-hydrogen) atoms. The second kappa shape index (κ2) is 5.11. The van der Waals surface area contributed by atoms with Crippen molar-refractivity contribution < 1.29 is 13.2 Å². The topological polar surface area (TPSA) is 33.4 Å². The number of alkyl halides is 3. The van der Waals surface area contributed by atoms with Crippen LogP contribution in [0.4, 0.5) is 19.0 Å². The Balaban J connectivity index is 1.95. The largest absolute Gasteiger partial charge is 0.416 e.